The Bertz CT molecular complexity index is 547. The molecule has 1 aromatic carbocycles. The smallest absolute Gasteiger partial charge is 0.115 e. The summed E-state index contributed by atoms with van der Waals surface area (Å²) < 4.78 is 0. The predicted molar refractivity (Wildman–Crippen MR) is 71.8 cm³/mol. The number of rotatable bonds is 2. The average Bonchev–Trinajstić information content (AvgIpc) is 2.95. The van der Waals surface area contributed by atoms with Gasteiger partial charge in [0.15, 0.2) is 0 Å². The van der Waals surface area contributed by atoms with E-state index in [0.29, 0.717) is 0 Å². The monoisotopic (exact) mass is 245 g/mol. The number of aliphatic hydroxyl groups is 1. The third-order valence-electron chi connectivity index (χ3n) is 3.20. The largest absolute Gasteiger partial charge is 0.384 e. The first-order chi connectivity index (χ1) is 8.25. The molecule has 0 saturated carbocycles. The van der Waals surface area contributed by atoms with Gasteiger partial charge in [0.25, 0.3) is 0 Å². The van der Waals surface area contributed by atoms with Crippen molar-refractivity contribution in [2.45, 2.75) is 19.4 Å². The Morgan fingerprint density at radius 2 is 2.18 bits per heavy atom. The summed E-state index contributed by atoms with van der Waals surface area (Å²) in [5.74, 6) is 0. The second-order valence-electron chi connectivity index (χ2n) is 4.41. The summed E-state index contributed by atoms with van der Waals surface area (Å²) in [4.78, 5) is 2.25. The molecule has 0 bridgehead atoms. The molecule has 2 N–H and O–H groups in total. The van der Waals surface area contributed by atoms with Crippen LogP contribution in [0.4, 0.5) is 5.69 Å². The van der Waals surface area contributed by atoms with Gasteiger partial charge < -0.3 is 10.4 Å². The molecular formula is C14H15NOS. The van der Waals surface area contributed by atoms with E-state index in [0.717, 1.165) is 29.1 Å². The molecule has 1 atom stereocenters. The maximum Gasteiger partial charge on any atom is 0.115 e. The van der Waals surface area contributed by atoms with Gasteiger partial charge in [0.2, 0.25) is 0 Å². The van der Waals surface area contributed by atoms with Crippen LogP contribution in [0.2, 0.25) is 0 Å². The highest BCUT2D eigenvalue weighted by atomic mass is 32.1. The Morgan fingerprint density at radius 3 is 2.94 bits per heavy atom. The molecule has 0 spiro atoms. The van der Waals surface area contributed by atoms with Gasteiger partial charge in [0.1, 0.15) is 6.10 Å². The molecule has 1 unspecified atom stereocenters. The van der Waals surface area contributed by atoms with Crippen molar-refractivity contribution in [1.29, 1.82) is 0 Å². The number of fused-ring (bicyclic) bond motifs is 1. The molecule has 0 fully saturated rings. The zero-order valence-corrected chi connectivity index (χ0v) is 10.6. The Morgan fingerprint density at radius 1 is 1.29 bits per heavy atom. The molecule has 2 aromatic rings. The number of hydrogen-bond donors (Lipinski definition) is 2. The van der Waals surface area contributed by atoms with Gasteiger partial charge >= 0.3 is 0 Å². The van der Waals surface area contributed by atoms with Crippen LogP contribution in [-0.4, -0.2) is 11.7 Å². The topological polar surface area (TPSA) is 32.3 Å². The van der Waals surface area contributed by atoms with Gasteiger partial charge in [-0.2, -0.15) is 0 Å². The van der Waals surface area contributed by atoms with E-state index in [9.17, 15) is 5.11 Å². The van der Waals surface area contributed by atoms with E-state index in [2.05, 4.69) is 24.4 Å². The minimum Gasteiger partial charge on any atom is -0.384 e. The fourth-order valence-corrected chi connectivity index (χ4v) is 3.23. The van der Waals surface area contributed by atoms with Crippen LogP contribution in [0.15, 0.2) is 30.3 Å². The molecule has 2 nitrogen and oxygen atoms in total. The molecule has 3 rings (SSSR count). The number of hydrogen-bond acceptors (Lipinski definition) is 3. The number of para-hydroxylation sites is 1. The predicted octanol–water partition coefficient (Wildman–Crippen LogP) is 3.11. The summed E-state index contributed by atoms with van der Waals surface area (Å²) in [7, 11) is 0. The summed E-state index contributed by atoms with van der Waals surface area (Å²) in [5, 5.41) is 13.8. The number of aryl methyl sites for hydroxylation is 1. The molecular weight excluding hydrogens is 230 g/mol. The van der Waals surface area contributed by atoms with E-state index in [1.54, 1.807) is 11.3 Å². The maximum atomic E-state index is 10.4. The first-order valence-corrected chi connectivity index (χ1v) is 6.67. The van der Waals surface area contributed by atoms with Crippen LogP contribution in [0.25, 0.3) is 0 Å². The first kappa shape index (κ1) is 10.8. The van der Waals surface area contributed by atoms with Gasteiger partial charge in [-0.1, -0.05) is 18.2 Å². The number of anilines is 1. The molecule has 88 valence electrons. The molecule has 0 saturated heterocycles. The highest BCUT2D eigenvalue weighted by molar-refractivity contribution is 7.12. The van der Waals surface area contributed by atoms with Crippen LogP contribution < -0.4 is 5.32 Å². The number of nitrogens with one attached hydrogen (secondary N) is 1. The third-order valence-corrected chi connectivity index (χ3v) is 4.26. The van der Waals surface area contributed by atoms with Crippen molar-refractivity contribution < 1.29 is 5.11 Å². The summed E-state index contributed by atoms with van der Waals surface area (Å²) in [6.07, 6.45) is 0.550. The lowest BCUT2D eigenvalue weighted by molar-refractivity contribution is 0.225. The van der Waals surface area contributed by atoms with Gasteiger partial charge in [-0.25, -0.2) is 0 Å². The van der Waals surface area contributed by atoms with E-state index < -0.39 is 6.10 Å². The lowest BCUT2D eigenvalue weighted by Gasteiger charge is -2.14. The quantitative estimate of drug-likeness (QED) is 0.852. The van der Waals surface area contributed by atoms with E-state index in [4.69, 9.17) is 0 Å². The van der Waals surface area contributed by atoms with Crippen LogP contribution in [0, 0.1) is 6.92 Å². The van der Waals surface area contributed by atoms with Crippen molar-refractivity contribution in [2.75, 3.05) is 11.9 Å². The Kier molecular flexibility index (Phi) is 2.65. The normalized spacial score (nSPS) is 15.4. The number of thiophene rings is 1. The minimum atomic E-state index is -0.505. The second kappa shape index (κ2) is 4.17. The highest BCUT2D eigenvalue weighted by Gasteiger charge is 2.20. The van der Waals surface area contributed by atoms with Gasteiger partial charge in [0.05, 0.1) is 0 Å². The molecule has 2 heterocycles. The van der Waals surface area contributed by atoms with Gasteiger partial charge in [-0.05, 0) is 31.0 Å². The molecule has 0 radical (unpaired) electrons. The molecule has 0 aliphatic carbocycles. The van der Waals surface area contributed by atoms with Gasteiger partial charge in [-0.3, -0.25) is 0 Å². The van der Waals surface area contributed by atoms with Crippen molar-refractivity contribution in [3.63, 3.8) is 0 Å². The van der Waals surface area contributed by atoms with Crippen molar-refractivity contribution >= 4 is 17.0 Å². The van der Waals surface area contributed by atoms with Crippen molar-refractivity contribution in [3.05, 3.63) is 51.2 Å². The van der Waals surface area contributed by atoms with Gasteiger partial charge in [0, 0.05) is 27.5 Å². The lowest BCUT2D eigenvalue weighted by Crippen LogP contribution is -2.02. The molecule has 1 aliphatic rings. The van der Waals surface area contributed by atoms with Crippen molar-refractivity contribution in [1.82, 2.24) is 0 Å². The Hall–Kier alpha value is -1.32. The van der Waals surface area contributed by atoms with E-state index in [1.165, 1.54) is 10.4 Å². The summed E-state index contributed by atoms with van der Waals surface area (Å²) in [6.45, 7) is 3.04. The first-order valence-electron chi connectivity index (χ1n) is 5.86. The van der Waals surface area contributed by atoms with Crippen LogP contribution in [-0.2, 0) is 6.42 Å². The standard InChI is InChI=1S/C14H15NOS/c1-9-5-6-12(17-9)14(16)11-4-2-3-10-7-8-15-13(10)11/h2-6,14-16H,7-8H2,1H3. The molecule has 3 heteroatoms. The SMILES string of the molecule is Cc1ccc(C(O)c2cccc3c2NCC3)s1. The minimum absolute atomic E-state index is 0.505. The zero-order valence-electron chi connectivity index (χ0n) is 9.73. The maximum absolute atomic E-state index is 10.4. The van der Waals surface area contributed by atoms with E-state index in [1.807, 2.05) is 18.2 Å². The zero-order chi connectivity index (χ0) is 11.8. The summed E-state index contributed by atoms with van der Waals surface area (Å²) >= 11 is 1.66. The Balaban J connectivity index is 2.02. The highest BCUT2D eigenvalue weighted by Crippen LogP contribution is 2.35. The lowest BCUT2D eigenvalue weighted by atomic mass is 10.0. The average molecular weight is 245 g/mol. The van der Waals surface area contributed by atoms with Crippen molar-refractivity contribution in [2.24, 2.45) is 0 Å². The summed E-state index contributed by atoms with van der Waals surface area (Å²) in [5.41, 5.74) is 3.45. The number of benzene rings is 1. The van der Waals surface area contributed by atoms with E-state index >= 15 is 0 Å². The van der Waals surface area contributed by atoms with Gasteiger partial charge in [-0.15, -0.1) is 11.3 Å². The second-order valence-corrected chi connectivity index (χ2v) is 5.73. The summed E-state index contributed by atoms with van der Waals surface area (Å²) in [6, 6.07) is 10.2. The molecule has 0 amide bonds. The van der Waals surface area contributed by atoms with Crippen molar-refractivity contribution in [3.8, 4) is 0 Å². The van der Waals surface area contributed by atoms with Crippen LogP contribution >= 0.6 is 11.3 Å². The van der Waals surface area contributed by atoms with Crippen LogP contribution in [0.5, 0.6) is 0 Å². The van der Waals surface area contributed by atoms with E-state index in [-0.39, 0.29) is 0 Å². The van der Waals surface area contributed by atoms with Crippen LogP contribution in [0.3, 0.4) is 0 Å². The van der Waals surface area contributed by atoms with Crippen LogP contribution in [0.1, 0.15) is 27.0 Å². The molecule has 1 aromatic heterocycles. The molecule has 17 heavy (non-hydrogen) atoms. The number of aliphatic hydroxyl groups excluding tert-OH is 1. The fourth-order valence-electron chi connectivity index (χ4n) is 2.35. The Labute approximate surface area is 105 Å². The third kappa shape index (κ3) is 1.85. The fraction of sp³-hybridized carbons (Fsp3) is 0.286. The molecule has 1 aliphatic heterocycles.